The molecule has 2 heterocycles. The summed E-state index contributed by atoms with van der Waals surface area (Å²) in [5.74, 6) is -5.94. The van der Waals surface area contributed by atoms with Gasteiger partial charge in [0.05, 0.1) is 20.1 Å². The standard InChI is InChI=1S/C35H44N2O12/c1-21(2)33(41)49-30-22(3)47-35(43)25(20-46-34(42)24(30)19-23-13-9-8-10-14-23)37-32(40)29-31(26(44-4)17-18-36-29)48-28(39)16-12-7-6-11-15-27(38)45-5/h8-10,13-14,17-18,21-22,24-25,30H,6-7,11-12,15-16,19-20H2,1-5H3,(H,37,40). The third-order valence-corrected chi connectivity index (χ3v) is 7.73. The SMILES string of the molecule is COC(=O)CCCCCCC(=O)Oc1c(OC)ccnc1C(=O)NC1COC(=O)C(Cc2ccccc2)C(OC(=O)C(C)C)C(C)OC1=O. The van der Waals surface area contributed by atoms with Crippen LogP contribution in [-0.4, -0.2) is 79.8 Å². The number of cyclic esters (lactones) is 2. The van der Waals surface area contributed by atoms with E-state index < -0.39 is 66.5 Å². The zero-order chi connectivity index (χ0) is 35.9. The summed E-state index contributed by atoms with van der Waals surface area (Å²) in [7, 11) is 2.64. The van der Waals surface area contributed by atoms with E-state index >= 15 is 0 Å². The summed E-state index contributed by atoms with van der Waals surface area (Å²) in [6.45, 7) is 4.17. The number of unbranched alkanes of at least 4 members (excludes halogenated alkanes) is 3. The summed E-state index contributed by atoms with van der Waals surface area (Å²) < 4.78 is 32.3. The molecule has 2 aromatic rings. The second kappa shape index (κ2) is 19.1. The fraction of sp³-hybridized carbons (Fsp3) is 0.514. The van der Waals surface area contributed by atoms with Crippen LogP contribution in [0.1, 0.15) is 75.3 Å². The predicted octanol–water partition coefficient (Wildman–Crippen LogP) is 3.52. The van der Waals surface area contributed by atoms with Crippen LogP contribution in [0, 0.1) is 11.8 Å². The zero-order valence-electron chi connectivity index (χ0n) is 28.4. The van der Waals surface area contributed by atoms with Crippen molar-refractivity contribution in [2.75, 3.05) is 20.8 Å². The quantitative estimate of drug-likeness (QED) is 0.164. The first-order chi connectivity index (χ1) is 23.4. The van der Waals surface area contributed by atoms with Gasteiger partial charge < -0.3 is 33.7 Å². The number of amides is 1. The van der Waals surface area contributed by atoms with E-state index in [1.54, 1.807) is 38.1 Å². The van der Waals surface area contributed by atoms with E-state index in [-0.39, 0.29) is 36.0 Å². The summed E-state index contributed by atoms with van der Waals surface area (Å²) in [6.07, 6.45) is 1.89. The number of pyridine rings is 1. The minimum Gasteiger partial charge on any atom is -0.493 e. The lowest BCUT2D eigenvalue weighted by Gasteiger charge is -2.29. The minimum atomic E-state index is -1.49. The van der Waals surface area contributed by atoms with Crippen molar-refractivity contribution in [3.63, 3.8) is 0 Å². The molecule has 49 heavy (non-hydrogen) atoms. The number of esters is 5. The van der Waals surface area contributed by atoms with Gasteiger partial charge in [0.25, 0.3) is 5.91 Å². The fourth-order valence-corrected chi connectivity index (χ4v) is 4.99. The highest BCUT2D eigenvalue weighted by Crippen LogP contribution is 2.31. The molecule has 1 aromatic heterocycles. The Morgan fingerprint density at radius 2 is 1.61 bits per heavy atom. The van der Waals surface area contributed by atoms with E-state index in [2.05, 4.69) is 15.0 Å². The maximum absolute atomic E-state index is 13.5. The fourth-order valence-electron chi connectivity index (χ4n) is 4.99. The smallest absolute Gasteiger partial charge is 0.332 e. The van der Waals surface area contributed by atoms with Gasteiger partial charge in [-0.15, -0.1) is 0 Å². The molecule has 0 spiro atoms. The Morgan fingerprint density at radius 3 is 2.24 bits per heavy atom. The van der Waals surface area contributed by atoms with Crippen molar-refractivity contribution in [1.29, 1.82) is 0 Å². The molecule has 1 aliphatic rings. The van der Waals surface area contributed by atoms with Crippen LogP contribution in [0.15, 0.2) is 42.6 Å². The number of rotatable bonds is 15. The highest BCUT2D eigenvalue weighted by atomic mass is 16.6. The molecule has 4 atom stereocenters. The topological polar surface area (TPSA) is 183 Å². The number of carbonyl (C=O) groups excluding carboxylic acids is 6. The van der Waals surface area contributed by atoms with Crippen molar-refractivity contribution in [1.82, 2.24) is 10.3 Å². The average Bonchev–Trinajstić information content (AvgIpc) is 3.12. The van der Waals surface area contributed by atoms with Gasteiger partial charge in [-0.05, 0) is 31.7 Å². The highest BCUT2D eigenvalue weighted by molar-refractivity contribution is 5.99. The number of benzene rings is 1. The van der Waals surface area contributed by atoms with E-state index in [4.69, 9.17) is 23.7 Å². The van der Waals surface area contributed by atoms with E-state index in [0.29, 0.717) is 32.1 Å². The zero-order valence-corrected chi connectivity index (χ0v) is 28.4. The molecule has 1 fully saturated rings. The number of hydrogen-bond donors (Lipinski definition) is 1. The molecule has 0 saturated carbocycles. The van der Waals surface area contributed by atoms with Crippen LogP contribution >= 0.6 is 0 Å². The molecule has 14 nitrogen and oxygen atoms in total. The van der Waals surface area contributed by atoms with Crippen LogP contribution < -0.4 is 14.8 Å². The number of nitrogens with one attached hydrogen (secondary N) is 1. The Labute approximate surface area is 285 Å². The Kier molecular flexibility index (Phi) is 15.0. The average molecular weight is 685 g/mol. The van der Waals surface area contributed by atoms with Crippen LogP contribution in [0.2, 0.25) is 0 Å². The van der Waals surface area contributed by atoms with Crippen molar-refractivity contribution < 1.29 is 57.2 Å². The Bertz CT molecular complexity index is 1460. The molecule has 1 amide bonds. The van der Waals surface area contributed by atoms with Crippen LogP contribution in [-0.2, 0) is 49.3 Å². The van der Waals surface area contributed by atoms with Crippen LogP contribution in [0.4, 0.5) is 0 Å². The summed E-state index contributed by atoms with van der Waals surface area (Å²) in [5.41, 5.74) is 0.408. The summed E-state index contributed by atoms with van der Waals surface area (Å²) in [6, 6.07) is 8.94. The van der Waals surface area contributed by atoms with Crippen LogP contribution in [0.5, 0.6) is 11.5 Å². The second-order valence-electron chi connectivity index (χ2n) is 11.8. The molecule has 4 unspecified atom stereocenters. The van der Waals surface area contributed by atoms with E-state index in [9.17, 15) is 28.8 Å². The number of nitrogens with zero attached hydrogens (tertiary/aromatic N) is 1. The lowest BCUT2D eigenvalue weighted by Crippen LogP contribution is -2.47. The molecule has 0 bridgehead atoms. The summed E-state index contributed by atoms with van der Waals surface area (Å²) in [5, 5.41) is 2.46. The first-order valence-electron chi connectivity index (χ1n) is 16.2. The van der Waals surface area contributed by atoms with Gasteiger partial charge in [0.2, 0.25) is 5.75 Å². The van der Waals surface area contributed by atoms with E-state index in [1.807, 2.05) is 6.07 Å². The first-order valence-corrected chi connectivity index (χ1v) is 16.2. The molecule has 266 valence electrons. The van der Waals surface area contributed by atoms with E-state index in [0.717, 1.165) is 5.56 Å². The van der Waals surface area contributed by atoms with Gasteiger partial charge >= 0.3 is 29.8 Å². The lowest BCUT2D eigenvalue weighted by molar-refractivity contribution is -0.176. The van der Waals surface area contributed by atoms with Gasteiger partial charge in [-0.1, -0.05) is 57.0 Å². The monoisotopic (exact) mass is 684 g/mol. The Morgan fingerprint density at radius 1 is 0.939 bits per heavy atom. The van der Waals surface area contributed by atoms with Gasteiger partial charge in [-0.3, -0.25) is 24.0 Å². The number of carbonyl (C=O) groups is 6. The second-order valence-corrected chi connectivity index (χ2v) is 11.8. The van der Waals surface area contributed by atoms with Crippen molar-refractivity contribution in [2.24, 2.45) is 11.8 Å². The summed E-state index contributed by atoms with van der Waals surface area (Å²) >= 11 is 0. The van der Waals surface area contributed by atoms with Crippen LogP contribution in [0.25, 0.3) is 0 Å². The molecule has 1 aromatic carbocycles. The number of methoxy groups -OCH3 is 2. The third-order valence-electron chi connectivity index (χ3n) is 7.73. The van der Waals surface area contributed by atoms with Crippen molar-refractivity contribution in [3.8, 4) is 11.5 Å². The molecule has 3 rings (SSSR count). The third kappa shape index (κ3) is 11.6. The van der Waals surface area contributed by atoms with Crippen LogP contribution in [0.3, 0.4) is 0 Å². The van der Waals surface area contributed by atoms with Gasteiger partial charge in [0.1, 0.15) is 18.6 Å². The Hall–Kier alpha value is -5.01. The molecule has 0 aliphatic carbocycles. The molecule has 1 aliphatic heterocycles. The number of hydrogen-bond acceptors (Lipinski definition) is 13. The van der Waals surface area contributed by atoms with Crippen molar-refractivity contribution in [3.05, 3.63) is 53.9 Å². The molecule has 14 heteroatoms. The molecule has 1 saturated heterocycles. The number of aromatic nitrogens is 1. The lowest BCUT2D eigenvalue weighted by atomic mass is 9.91. The Balaban J connectivity index is 1.76. The molecular weight excluding hydrogens is 640 g/mol. The maximum Gasteiger partial charge on any atom is 0.332 e. The predicted molar refractivity (Wildman–Crippen MR) is 172 cm³/mol. The van der Waals surface area contributed by atoms with Crippen molar-refractivity contribution >= 4 is 35.8 Å². The van der Waals surface area contributed by atoms with Gasteiger partial charge in [0, 0.05) is 25.1 Å². The number of ether oxygens (including phenoxy) is 6. The van der Waals surface area contributed by atoms with Crippen molar-refractivity contribution in [2.45, 2.75) is 84.0 Å². The summed E-state index contributed by atoms with van der Waals surface area (Å²) in [4.78, 5) is 81.0. The molecule has 0 radical (unpaired) electrons. The molecule has 1 N–H and O–H groups in total. The minimum absolute atomic E-state index is 0.0207. The van der Waals surface area contributed by atoms with Gasteiger partial charge in [-0.2, -0.15) is 0 Å². The van der Waals surface area contributed by atoms with Gasteiger partial charge in [-0.25, -0.2) is 9.78 Å². The molecular formula is C35H44N2O12. The van der Waals surface area contributed by atoms with E-state index in [1.165, 1.54) is 33.4 Å². The highest BCUT2D eigenvalue weighted by Gasteiger charge is 2.42. The first kappa shape index (κ1) is 38.4. The maximum atomic E-state index is 13.5. The largest absolute Gasteiger partial charge is 0.493 e. The normalized spacial score (nSPS) is 19.3. The van der Waals surface area contributed by atoms with Gasteiger partial charge in [0.15, 0.2) is 23.6 Å².